The van der Waals surface area contributed by atoms with Crippen molar-refractivity contribution in [2.45, 2.75) is 26.7 Å². The first-order chi connectivity index (χ1) is 9.06. The Morgan fingerprint density at radius 3 is 2.47 bits per heavy atom. The minimum atomic E-state index is -0.148. The molecule has 1 heterocycles. The van der Waals surface area contributed by atoms with Gasteiger partial charge in [0.05, 0.1) is 0 Å². The van der Waals surface area contributed by atoms with E-state index in [1.165, 1.54) is 11.6 Å². The van der Waals surface area contributed by atoms with E-state index in [4.69, 9.17) is 4.52 Å². The molecule has 0 radical (unpaired) electrons. The molecule has 0 fully saturated rings. The molecule has 0 aliphatic heterocycles. The molecule has 2 aromatic rings. The van der Waals surface area contributed by atoms with Crippen LogP contribution in [0.2, 0.25) is 0 Å². The smallest absolute Gasteiger partial charge is 0.207 e. The average molecular weight is 255 g/mol. The monoisotopic (exact) mass is 255 g/mol. The molecular formula is C16H17NO2. The van der Waals surface area contributed by atoms with Crippen LogP contribution in [0.4, 0.5) is 0 Å². The van der Waals surface area contributed by atoms with E-state index in [-0.39, 0.29) is 5.78 Å². The number of allylic oxidation sites excluding steroid dienone is 1. The van der Waals surface area contributed by atoms with Crippen LogP contribution in [0.3, 0.4) is 0 Å². The SMILES string of the molecule is Cc1cc(C(=O)/C=C/c2ccc(C(C)C)cc2)no1. The number of nitrogens with zero attached hydrogens (tertiary/aromatic N) is 1. The van der Waals surface area contributed by atoms with Gasteiger partial charge < -0.3 is 4.52 Å². The summed E-state index contributed by atoms with van der Waals surface area (Å²) in [6.45, 7) is 6.07. The van der Waals surface area contributed by atoms with Gasteiger partial charge >= 0.3 is 0 Å². The third-order valence-corrected chi connectivity index (χ3v) is 2.91. The zero-order chi connectivity index (χ0) is 13.8. The Bertz CT molecular complexity index is 591. The van der Waals surface area contributed by atoms with Crippen LogP contribution in [0.25, 0.3) is 6.08 Å². The largest absolute Gasteiger partial charge is 0.361 e. The summed E-state index contributed by atoms with van der Waals surface area (Å²) < 4.78 is 4.88. The van der Waals surface area contributed by atoms with Crippen LogP contribution in [0, 0.1) is 6.92 Å². The van der Waals surface area contributed by atoms with Gasteiger partial charge in [0.2, 0.25) is 5.78 Å². The van der Waals surface area contributed by atoms with Crippen LogP contribution in [-0.2, 0) is 0 Å². The summed E-state index contributed by atoms with van der Waals surface area (Å²) in [7, 11) is 0. The van der Waals surface area contributed by atoms with Crippen molar-refractivity contribution in [1.82, 2.24) is 5.16 Å². The van der Waals surface area contributed by atoms with Crippen LogP contribution >= 0.6 is 0 Å². The van der Waals surface area contributed by atoms with E-state index in [0.717, 1.165) is 5.56 Å². The zero-order valence-corrected chi connectivity index (χ0v) is 11.4. The van der Waals surface area contributed by atoms with Gasteiger partial charge in [0.1, 0.15) is 5.76 Å². The standard InChI is InChI=1S/C16H17NO2/c1-11(2)14-7-4-13(5-8-14)6-9-16(18)15-10-12(3)19-17-15/h4-11H,1-3H3/b9-6+. The fourth-order valence-electron chi connectivity index (χ4n) is 1.73. The first-order valence-corrected chi connectivity index (χ1v) is 6.32. The maximum atomic E-state index is 11.8. The Morgan fingerprint density at radius 1 is 1.26 bits per heavy atom. The van der Waals surface area contributed by atoms with E-state index in [1.807, 2.05) is 12.1 Å². The van der Waals surface area contributed by atoms with Crippen LogP contribution in [-0.4, -0.2) is 10.9 Å². The van der Waals surface area contributed by atoms with Gasteiger partial charge in [-0.3, -0.25) is 4.79 Å². The number of hydrogen-bond donors (Lipinski definition) is 0. The Kier molecular flexibility index (Phi) is 3.95. The number of aryl methyl sites for hydroxylation is 1. The second-order valence-electron chi connectivity index (χ2n) is 4.84. The van der Waals surface area contributed by atoms with Crippen molar-refractivity contribution >= 4 is 11.9 Å². The van der Waals surface area contributed by atoms with Crippen LogP contribution in [0.5, 0.6) is 0 Å². The van der Waals surface area contributed by atoms with Crippen molar-refractivity contribution < 1.29 is 9.32 Å². The molecular weight excluding hydrogens is 238 g/mol. The summed E-state index contributed by atoms with van der Waals surface area (Å²) in [6, 6.07) is 9.80. The first kappa shape index (κ1) is 13.3. The molecule has 1 aromatic heterocycles. The summed E-state index contributed by atoms with van der Waals surface area (Å²) in [6.07, 6.45) is 3.30. The van der Waals surface area contributed by atoms with E-state index in [1.54, 1.807) is 19.1 Å². The molecule has 19 heavy (non-hydrogen) atoms. The van der Waals surface area contributed by atoms with Crippen molar-refractivity contribution in [3.8, 4) is 0 Å². The van der Waals surface area contributed by atoms with E-state index in [2.05, 4.69) is 31.1 Å². The van der Waals surface area contributed by atoms with E-state index in [0.29, 0.717) is 17.4 Å². The molecule has 98 valence electrons. The number of carbonyl (C=O) groups is 1. The van der Waals surface area contributed by atoms with Crippen LogP contribution in [0.1, 0.15) is 47.1 Å². The van der Waals surface area contributed by atoms with Crippen molar-refractivity contribution in [3.05, 3.63) is 59.0 Å². The maximum absolute atomic E-state index is 11.8. The molecule has 0 aliphatic carbocycles. The van der Waals surface area contributed by atoms with Crippen LogP contribution < -0.4 is 0 Å². The lowest BCUT2D eigenvalue weighted by molar-refractivity contribution is 0.103. The third kappa shape index (κ3) is 3.41. The van der Waals surface area contributed by atoms with Crippen LogP contribution in [0.15, 0.2) is 40.9 Å². The van der Waals surface area contributed by atoms with Gasteiger partial charge in [0, 0.05) is 6.07 Å². The van der Waals surface area contributed by atoms with Gasteiger partial charge in [0.25, 0.3) is 0 Å². The van der Waals surface area contributed by atoms with Crippen molar-refractivity contribution in [2.24, 2.45) is 0 Å². The molecule has 0 bridgehead atoms. The van der Waals surface area contributed by atoms with Gasteiger partial charge in [0.15, 0.2) is 5.69 Å². The molecule has 0 saturated heterocycles. The summed E-state index contributed by atoms with van der Waals surface area (Å²) >= 11 is 0. The lowest BCUT2D eigenvalue weighted by Gasteiger charge is -2.04. The van der Waals surface area contributed by atoms with Gasteiger partial charge in [-0.15, -0.1) is 0 Å². The lowest BCUT2D eigenvalue weighted by atomic mass is 10.0. The highest BCUT2D eigenvalue weighted by atomic mass is 16.5. The van der Waals surface area contributed by atoms with Crippen molar-refractivity contribution in [1.29, 1.82) is 0 Å². The molecule has 1 aromatic carbocycles. The number of benzene rings is 1. The Balaban J connectivity index is 2.08. The number of ketones is 1. The minimum Gasteiger partial charge on any atom is -0.361 e. The van der Waals surface area contributed by atoms with E-state index in [9.17, 15) is 4.79 Å². The molecule has 0 atom stereocenters. The van der Waals surface area contributed by atoms with Crippen molar-refractivity contribution in [3.63, 3.8) is 0 Å². The highest BCUT2D eigenvalue weighted by Gasteiger charge is 2.07. The molecule has 3 heteroatoms. The quantitative estimate of drug-likeness (QED) is 0.612. The molecule has 0 saturated carbocycles. The third-order valence-electron chi connectivity index (χ3n) is 2.91. The lowest BCUT2D eigenvalue weighted by Crippen LogP contribution is -1.93. The molecule has 0 unspecified atom stereocenters. The number of rotatable bonds is 4. The molecule has 0 amide bonds. The number of carbonyl (C=O) groups excluding carboxylic acids is 1. The van der Waals surface area contributed by atoms with Crippen molar-refractivity contribution in [2.75, 3.05) is 0 Å². The highest BCUT2D eigenvalue weighted by Crippen LogP contribution is 2.15. The normalized spacial score (nSPS) is 11.4. The Hall–Kier alpha value is -2.16. The molecule has 3 nitrogen and oxygen atoms in total. The van der Waals surface area contributed by atoms with E-state index >= 15 is 0 Å². The first-order valence-electron chi connectivity index (χ1n) is 6.32. The van der Waals surface area contributed by atoms with Gasteiger partial charge in [-0.25, -0.2) is 0 Å². The summed E-state index contributed by atoms with van der Waals surface area (Å²) in [4.78, 5) is 11.8. The number of aromatic nitrogens is 1. The topological polar surface area (TPSA) is 43.1 Å². The van der Waals surface area contributed by atoms with Gasteiger partial charge in [-0.2, -0.15) is 0 Å². The molecule has 0 spiro atoms. The average Bonchev–Trinajstić information content (AvgIpc) is 2.83. The predicted molar refractivity (Wildman–Crippen MR) is 75.1 cm³/mol. The fraction of sp³-hybridized carbons (Fsp3) is 0.250. The number of hydrogen-bond acceptors (Lipinski definition) is 3. The summed E-state index contributed by atoms with van der Waals surface area (Å²) in [5, 5.41) is 3.69. The van der Waals surface area contributed by atoms with Gasteiger partial charge in [-0.05, 0) is 30.0 Å². The minimum absolute atomic E-state index is 0.148. The fourth-order valence-corrected chi connectivity index (χ4v) is 1.73. The zero-order valence-electron chi connectivity index (χ0n) is 11.4. The Labute approximate surface area is 112 Å². The summed E-state index contributed by atoms with van der Waals surface area (Å²) in [5.74, 6) is 1.00. The van der Waals surface area contributed by atoms with E-state index < -0.39 is 0 Å². The highest BCUT2D eigenvalue weighted by molar-refractivity contribution is 6.05. The summed E-state index contributed by atoms with van der Waals surface area (Å²) in [5.41, 5.74) is 2.63. The molecule has 0 aliphatic rings. The van der Waals surface area contributed by atoms with Gasteiger partial charge in [-0.1, -0.05) is 49.3 Å². The predicted octanol–water partition coefficient (Wildman–Crippen LogP) is 4.00. The molecule has 0 N–H and O–H groups in total. The maximum Gasteiger partial charge on any atom is 0.207 e. The second-order valence-corrected chi connectivity index (χ2v) is 4.84. The Morgan fingerprint density at radius 2 is 1.95 bits per heavy atom. The molecule has 2 rings (SSSR count). The second kappa shape index (κ2) is 5.65.